The van der Waals surface area contributed by atoms with Crippen molar-refractivity contribution in [1.82, 2.24) is 15.2 Å². The number of anilines is 1. The zero-order valence-electron chi connectivity index (χ0n) is 14.8. The van der Waals surface area contributed by atoms with Crippen molar-refractivity contribution < 1.29 is 14.4 Å². The predicted octanol–water partition coefficient (Wildman–Crippen LogP) is 2.78. The number of imide groups is 1. The third kappa shape index (κ3) is 3.75. The van der Waals surface area contributed by atoms with Crippen LogP contribution in [0.3, 0.4) is 0 Å². The fourth-order valence-corrected chi connectivity index (χ4v) is 3.30. The molecule has 26 heavy (non-hydrogen) atoms. The summed E-state index contributed by atoms with van der Waals surface area (Å²) in [6, 6.07) is 6.93. The summed E-state index contributed by atoms with van der Waals surface area (Å²) in [6.45, 7) is 5.28. The van der Waals surface area contributed by atoms with E-state index in [-0.39, 0.29) is 24.8 Å². The SMILES string of the molecule is Cc1nc(-c2ccc(NC(=O)CCN3C(=O)NC(C)(C)C3=O)cc2)cs1. The second kappa shape index (κ2) is 6.87. The van der Waals surface area contributed by atoms with Gasteiger partial charge in [-0.3, -0.25) is 14.5 Å². The largest absolute Gasteiger partial charge is 0.326 e. The summed E-state index contributed by atoms with van der Waals surface area (Å²) >= 11 is 1.59. The van der Waals surface area contributed by atoms with E-state index in [1.54, 1.807) is 37.3 Å². The maximum Gasteiger partial charge on any atom is 0.325 e. The Morgan fingerprint density at radius 3 is 2.50 bits per heavy atom. The molecule has 2 heterocycles. The average molecular weight is 372 g/mol. The number of nitrogens with one attached hydrogen (secondary N) is 2. The molecule has 0 atom stereocenters. The van der Waals surface area contributed by atoms with Crippen LogP contribution in [0.5, 0.6) is 0 Å². The Kier molecular flexibility index (Phi) is 4.78. The van der Waals surface area contributed by atoms with Gasteiger partial charge in [-0.1, -0.05) is 12.1 Å². The number of hydrogen-bond donors (Lipinski definition) is 2. The van der Waals surface area contributed by atoms with Gasteiger partial charge in [0.1, 0.15) is 5.54 Å². The van der Waals surface area contributed by atoms with Gasteiger partial charge in [-0.05, 0) is 32.9 Å². The minimum atomic E-state index is -0.919. The molecule has 0 unspecified atom stereocenters. The average Bonchev–Trinajstić information content (AvgIpc) is 3.08. The summed E-state index contributed by atoms with van der Waals surface area (Å²) in [5.74, 6) is -0.578. The molecule has 1 fully saturated rings. The number of carbonyl (C=O) groups excluding carboxylic acids is 3. The highest BCUT2D eigenvalue weighted by Crippen LogP contribution is 2.23. The molecule has 0 bridgehead atoms. The zero-order valence-corrected chi connectivity index (χ0v) is 15.6. The van der Waals surface area contributed by atoms with Crippen molar-refractivity contribution in [3.8, 4) is 11.3 Å². The maximum atomic E-state index is 12.1. The lowest BCUT2D eigenvalue weighted by Crippen LogP contribution is -2.40. The monoisotopic (exact) mass is 372 g/mol. The van der Waals surface area contributed by atoms with Gasteiger partial charge in [-0.2, -0.15) is 0 Å². The molecule has 7 nitrogen and oxygen atoms in total. The standard InChI is InChI=1S/C18H20N4O3S/c1-11-19-14(10-26-11)12-4-6-13(7-5-12)20-15(23)8-9-22-16(24)18(2,3)21-17(22)25/h4-7,10H,8-9H2,1-3H3,(H,20,23)(H,21,25). The molecule has 3 rings (SSSR count). The maximum absolute atomic E-state index is 12.1. The number of aryl methyl sites for hydroxylation is 1. The topological polar surface area (TPSA) is 91.4 Å². The molecular weight excluding hydrogens is 352 g/mol. The van der Waals surface area contributed by atoms with Gasteiger partial charge in [0.05, 0.1) is 10.7 Å². The zero-order chi connectivity index (χ0) is 18.9. The molecule has 2 aromatic rings. The van der Waals surface area contributed by atoms with E-state index in [2.05, 4.69) is 15.6 Å². The van der Waals surface area contributed by atoms with Crippen LogP contribution in [-0.2, 0) is 9.59 Å². The first-order valence-corrected chi connectivity index (χ1v) is 9.11. The van der Waals surface area contributed by atoms with Crippen LogP contribution in [0.2, 0.25) is 0 Å². The van der Waals surface area contributed by atoms with Gasteiger partial charge in [0.15, 0.2) is 0 Å². The molecule has 0 spiro atoms. The number of hydrogen-bond acceptors (Lipinski definition) is 5. The lowest BCUT2D eigenvalue weighted by molar-refractivity contribution is -0.130. The van der Waals surface area contributed by atoms with Crippen molar-refractivity contribution in [3.63, 3.8) is 0 Å². The Hall–Kier alpha value is -2.74. The molecule has 0 saturated carbocycles. The Morgan fingerprint density at radius 2 is 1.96 bits per heavy atom. The van der Waals surface area contributed by atoms with Crippen molar-refractivity contribution >= 4 is 34.9 Å². The number of carbonyl (C=O) groups is 3. The van der Waals surface area contributed by atoms with Crippen LogP contribution < -0.4 is 10.6 Å². The van der Waals surface area contributed by atoms with E-state index in [0.717, 1.165) is 21.2 Å². The molecular formula is C18H20N4O3S. The molecule has 8 heteroatoms. The van der Waals surface area contributed by atoms with Crippen LogP contribution in [0.15, 0.2) is 29.6 Å². The molecule has 2 N–H and O–H groups in total. The summed E-state index contributed by atoms with van der Waals surface area (Å²) in [5.41, 5.74) is 1.63. The van der Waals surface area contributed by atoms with Crippen molar-refractivity contribution in [2.75, 3.05) is 11.9 Å². The van der Waals surface area contributed by atoms with Gasteiger partial charge < -0.3 is 10.6 Å². The van der Waals surface area contributed by atoms with E-state index >= 15 is 0 Å². The Bertz CT molecular complexity index is 858. The van der Waals surface area contributed by atoms with E-state index < -0.39 is 11.6 Å². The summed E-state index contributed by atoms with van der Waals surface area (Å²) < 4.78 is 0. The number of rotatable bonds is 5. The smallest absolute Gasteiger partial charge is 0.325 e. The quantitative estimate of drug-likeness (QED) is 0.790. The number of aromatic nitrogens is 1. The summed E-state index contributed by atoms with van der Waals surface area (Å²) in [7, 11) is 0. The molecule has 1 aliphatic heterocycles. The summed E-state index contributed by atoms with van der Waals surface area (Å²) in [6.07, 6.45) is 0.0439. The Labute approximate surface area is 155 Å². The molecule has 1 aliphatic rings. The highest BCUT2D eigenvalue weighted by molar-refractivity contribution is 7.09. The first kappa shape index (κ1) is 18.1. The van der Waals surface area contributed by atoms with Crippen molar-refractivity contribution in [2.45, 2.75) is 32.7 Å². The lowest BCUT2D eigenvalue weighted by atomic mass is 10.1. The van der Waals surface area contributed by atoms with Crippen molar-refractivity contribution in [2.24, 2.45) is 0 Å². The highest BCUT2D eigenvalue weighted by atomic mass is 32.1. The molecule has 1 saturated heterocycles. The lowest BCUT2D eigenvalue weighted by Gasteiger charge is -2.15. The van der Waals surface area contributed by atoms with E-state index in [0.29, 0.717) is 5.69 Å². The molecule has 4 amide bonds. The van der Waals surface area contributed by atoms with Crippen LogP contribution in [0.4, 0.5) is 10.5 Å². The van der Waals surface area contributed by atoms with Gasteiger partial charge in [-0.25, -0.2) is 9.78 Å². The normalized spacial score (nSPS) is 15.9. The third-order valence-electron chi connectivity index (χ3n) is 4.09. The van der Waals surface area contributed by atoms with Gasteiger partial charge in [-0.15, -0.1) is 11.3 Å². The van der Waals surface area contributed by atoms with E-state index in [4.69, 9.17) is 0 Å². The molecule has 1 aromatic carbocycles. The molecule has 0 radical (unpaired) electrons. The second-order valence-electron chi connectivity index (χ2n) is 6.64. The number of nitrogens with zero attached hydrogens (tertiary/aromatic N) is 2. The fraction of sp³-hybridized carbons (Fsp3) is 0.333. The molecule has 136 valence electrons. The van der Waals surface area contributed by atoms with Crippen molar-refractivity contribution in [1.29, 1.82) is 0 Å². The Balaban J connectivity index is 1.55. The van der Waals surface area contributed by atoms with Crippen LogP contribution in [0.25, 0.3) is 11.3 Å². The van der Waals surface area contributed by atoms with Crippen LogP contribution >= 0.6 is 11.3 Å². The minimum Gasteiger partial charge on any atom is -0.326 e. The summed E-state index contributed by atoms with van der Waals surface area (Å²) in [5, 5.41) is 8.35. The van der Waals surface area contributed by atoms with Gasteiger partial charge in [0.2, 0.25) is 5.91 Å². The summed E-state index contributed by atoms with van der Waals surface area (Å²) in [4.78, 5) is 41.5. The van der Waals surface area contributed by atoms with Crippen LogP contribution in [0.1, 0.15) is 25.3 Å². The Morgan fingerprint density at radius 1 is 1.27 bits per heavy atom. The number of benzene rings is 1. The fourth-order valence-electron chi connectivity index (χ4n) is 2.68. The van der Waals surface area contributed by atoms with Gasteiger partial charge >= 0.3 is 6.03 Å². The van der Waals surface area contributed by atoms with Crippen LogP contribution in [0, 0.1) is 6.92 Å². The van der Waals surface area contributed by atoms with Gasteiger partial charge in [0.25, 0.3) is 5.91 Å². The predicted molar refractivity (Wildman–Crippen MR) is 99.9 cm³/mol. The van der Waals surface area contributed by atoms with Gasteiger partial charge in [0, 0.05) is 29.6 Å². The first-order chi connectivity index (χ1) is 12.3. The minimum absolute atomic E-state index is 0.0439. The number of thiazole rings is 1. The number of urea groups is 1. The van der Waals surface area contributed by atoms with Crippen molar-refractivity contribution in [3.05, 3.63) is 34.7 Å². The third-order valence-corrected chi connectivity index (χ3v) is 4.86. The second-order valence-corrected chi connectivity index (χ2v) is 7.70. The van der Waals surface area contributed by atoms with E-state index in [9.17, 15) is 14.4 Å². The van der Waals surface area contributed by atoms with E-state index in [1.165, 1.54) is 0 Å². The number of amides is 4. The first-order valence-electron chi connectivity index (χ1n) is 8.23. The molecule has 0 aliphatic carbocycles. The highest BCUT2D eigenvalue weighted by Gasteiger charge is 2.43. The molecule has 1 aromatic heterocycles. The van der Waals surface area contributed by atoms with E-state index in [1.807, 2.05) is 24.4 Å². The van der Waals surface area contributed by atoms with Crippen LogP contribution in [-0.4, -0.2) is 39.8 Å².